The molecular weight excluding hydrogens is 510 g/mol. The number of rotatable bonds is 10. The molecular formula is C27H31N3O7S. The number of carbonyl (C=O) groups is 2. The van der Waals surface area contributed by atoms with Gasteiger partial charge in [0.05, 0.1) is 31.6 Å². The zero-order chi connectivity index (χ0) is 27.1. The summed E-state index contributed by atoms with van der Waals surface area (Å²) in [5, 5.41) is 2.77. The van der Waals surface area contributed by atoms with Gasteiger partial charge in [0.15, 0.2) is 5.76 Å². The highest BCUT2D eigenvalue weighted by molar-refractivity contribution is 7.90. The fourth-order valence-corrected chi connectivity index (χ4v) is 5.09. The molecule has 1 fully saturated rings. The van der Waals surface area contributed by atoms with Crippen molar-refractivity contribution in [2.24, 2.45) is 0 Å². The van der Waals surface area contributed by atoms with Crippen LogP contribution in [0.25, 0.3) is 11.1 Å². The van der Waals surface area contributed by atoms with Crippen molar-refractivity contribution in [1.29, 1.82) is 0 Å². The monoisotopic (exact) mass is 541 g/mol. The molecule has 1 aliphatic rings. The van der Waals surface area contributed by atoms with Crippen molar-refractivity contribution in [3.05, 3.63) is 71.7 Å². The molecule has 10 nitrogen and oxygen atoms in total. The molecule has 2 N–H and O–H groups in total. The van der Waals surface area contributed by atoms with Crippen LogP contribution < -0.4 is 14.8 Å². The van der Waals surface area contributed by atoms with Gasteiger partial charge in [0, 0.05) is 24.8 Å². The molecule has 0 aliphatic carbocycles. The van der Waals surface area contributed by atoms with E-state index in [4.69, 9.17) is 13.9 Å². The van der Waals surface area contributed by atoms with Crippen LogP contribution in [-0.2, 0) is 14.8 Å². The first kappa shape index (κ1) is 27.4. The summed E-state index contributed by atoms with van der Waals surface area (Å²) >= 11 is 0. The lowest BCUT2D eigenvalue weighted by molar-refractivity contribution is 0.0381. The first-order valence-electron chi connectivity index (χ1n) is 12.3. The molecule has 1 saturated heterocycles. The summed E-state index contributed by atoms with van der Waals surface area (Å²) in [6.45, 7) is 4.92. The Kier molecular flexibility index (Phi) is 8.82. The molecule has 0 spiro atoms. The molecule has 4 rings (SSSR count). The molecule has 2 amide bonds. The normalized spacial score (nSPS) is 14.2. The highest BCUT2D eigenvalue weighted by Crippen LogP contribution is 2.24. The lowest BCUT2D eigenvalue weighted by atomic mass is 10.1. The Morgan fingerprint density at radius 3 is 2.24 bits per heavy atom. The number of amides is 2. The Balaban J connectivity index is 1.33. The van der Waals surface area contributed by atoms with Crippen LogP contribution in [0.5, 0.6) is 5.75 Å². The van der Waals surface area contributed by atoms with Crippen molar-refractivity contribution in [1.82, 2.24) is 9.62 Å². The summed E-state index contributed by atoms with van der Waals surface area (Å²) in [7, 11) is -2.25. The molecule has 11 heteroatoms. The molecule has 0 saturated carbocycles. The van der Waals surface area contributed by atoms with Gasteiger partial charge in [-0.25, -0.2) is 13.1 Å². The first-order chi connectivity index (χ1) is 18.2. The van der Waals surface area contributed by atoms with Crippen LogP contribution in [0.2, 0.25) is 0 Å². The van der Waals surface area contributed by atoms with Crippen LogP contribution in [0.4, 0.5) is 5.69 Å². The van der Waals surface area contributed by atoms with Crippen molar-refractivity contribution in [3.8, 4) is 16.9 Å². The number of morpholine rings is 1. The first-order valence-corrected chi connectivity index (χ1v) is 13.9. The second-order valence-electron chi connectivity index (χ2n) is 8.90. The number of aryl methyl sites for hydroxylation is 1. The molecule has 0 bridgehead atoms. The molecule has 2 heterocycles. The van der Waals surface area contributed by atoms with Gasteiger partial charge in [-0.1, -0.05) is 24.3 Å². The molecule has 38 heavy (non-hydrogen) atoms. The Hall–Kier alpha value is -3.67. The summed E-state index contributed by atoms with van der Waals surface area (Å²) in [6.07, 6.45) is 0.380. The van der Waals surface area contributed by atoms with Crippen molar-refractivity contribution in [2.75, 3.05) is 51.0 Å². The summed E-state index contributed by atoms with van der Waals surface area (Å²) in [5.74, 6) is -0.873. The maximum atomic E-state index is 12.8. The number of methoxy groups -OCH3 is 1. The third kappa shape index (κ3) is 7.21. The predicted molar refractivity (Wildman–Crippen MR) is 143 cm³/mol. The van der Waals surface area contributed by atoms with E-state index in [-0.39, 0.29) is 22.8 Å². The highest BCUT2D eigenvalue weighted by atomic mass is 32.2. The lowest BCUT2D eigenvalue weighted by Crippen LogP contribution is -2.38. The van der Waals surface area contributed by atoms with Crippen LogP contribution in [0.15, 0.2) is 59.0 Å². The minimum atomic E-state index is -3.86. The van der Waals surface area contributed by atoms with E-state index in [1.807, 2.05) is 41.1 Å². The quantitative estimate of drug-likeness (QED) is 0.400. The summed E-state index contributed by atoms with van der Waals surface area (Å²) in [6, 6.07) is 16.2. The van der Waals surface area contributed by atoms with Gasteiger partial charge in [-0.05, 0) is 55.3 Å². The van der Waals surface area contributed by atoms with Gasteiger partial charge in [0.2, 0.25) is 10.0 Å². The van der Waals surface area contributed by atoms with E-state index in [0.717, 1.165) is 30.0 Å². The van der Waals surface area contributed by atoms with Crippen LogP contribution in [-0.4, -0.2) is 70.8 Å². The fraction of sp³-hybridized carbons (Fsp3) is 0.333. The number of furan rings is 1. The van der Waals surface area contributed by atoms with Crippen LogP contribution in [0, 0.1) is 6.92 Å². The van der Waals surface area contributed by atoms with E-state index in [9.17, 15) is 18.0 Å². The molecule has 0 unspecified atom stereocenters. The van der Waals surface area contributed by atoms with E-state index in [1.54, 1.807) is 19.2 Å². The zero-order valence-corrected chi connectivity index (χ0v) is 22.2. The smallest absolute Gasteiger partial charge is 0.300 e. The van der Waals surface area contributed by atoms with Crippen molar-refractivity contribution < 1.29 is 31.9 Å². The zero-order valence-electron chi connectivity index (χ0n) is 21.4. The topological polar surface area (TPSA) is 127 Å². The summed E-state index contributed by atoms with van der Waals surface area (Å²) in [4.78, 5) is 27.5. The molecule has 2 aromatic carbocycles. The Bertz CT molecular complexity index is 1360. The Morgan fingerprint density at radius 2 is 1.61 bits per heavy atom. The number of sulfonamides is 1. The summed E-state index contributed by atoms with van der Waals surface area (Å²) < 4.78 is 42.7. The van der Waals surface area contributed by atoms with Gasteiger partial charge in [-0.3, -0.25) is 14.5 Å². The second kappa shape index (κ2) is 12.2. The van der Waals surface area contributed by atoms with Gasteiger partial charge in [0.25, 0.3) is 11.8 Å². The van der Waals surface area contributed by atoms with E-state index < -0.39 is 21.8 Å². The van der Waals surface area contributed by atoms with Crippen LogP contribution in [0.3, 0.4) is 0 Å². The Morgan fingerprint density at radius 1 is 0.974 bits per heavy atom. The number of benzene rings is 2. The molecule has 3 aromatic rings. The number of hydrogen-bond acceptors (Lipinski definition) is 8. The lowest BCUT2D eigenvalue weighted by Gasteiger charge is -2.26. The average molecular weight is 542 g/mol. The molecule has 1 aromatic heterocycles. The number of anilines is 1. The van der Waals surface area contributed by atoms with Crippen LogP contribution >= 0.6 is 0 Å². The third-order valence-corrected chi connectivity index (χ3v) is 7.51. The molecule has 0 radical (unpaired) electrons. The van der Waals surface area contributed by atoms with Gasteiger partial charge in [-0.2, -0.15) is 0 Å². The van der Waals surface area contributed by atoms with Crippen molar-refractivity contribution >= 4 is 27.5 Å². The molecule has 0 atom stereocenters. The third-order valence-electron chi connectivity index (χ3n) is 6.19. The maximum Gasteiger partial charge on any atom is 0.300 e. The second-order valence-corrected chi connectivity index (χ2v) is 10.7. The van der Waals surface area contributed by atoms with Crippen molar-refractivity contribution in [2.45, 2.75) is 13.3 Å². The number of carbonyl (C=O) groups excluding carboxylic acids is 2. The van der Waals surface area contributed by atoms with Gasteiger partial charge in [0.1, 0.15) is 11.5 Å². The number of nitrogens with one attached hydrogen (secondary N) is 2. The predicted octanol–water partition coefficient (Wildman–Crippen LogP) is 3.30. The molecule has 1 aliphatic heterocycles. The fourth-order valence-electron chi connectivity index (χ4n) is 4.09. The van der Waals surface area contributed by atoms with Gasteiger partial charge >= 0.3 is 0 Å². The number of nitrogens with zero attached hydrogens (tertiary/aromatic N) is 1. The van der Waals surface area contributed by atoms with E-state index in [1.165, 1.54) is 13.0 Å². The number of hydrogen-bond donors (Lipinski definition) is 2. The van der Waals surface area contributed by atoms with Crippen molar-refractivity contribution in [3.63, 3.8) is 0 Å². The van der Waals surface area contributed by atoms with Crippen LogP contribution in [0.1, 0.15) is 33.1 Å². The van der Waals surface area contributed by atoms with E-state index in [0.29, 0.717) is 31.9 Å². The largest absolute Gasteiger partial charge is 0.497 e. The van der Waals surface area contributed by atoms with E-state index in [2.05, 4.69) is 10.2 Å². The minimum absolute atomic E-state index is 0.138. The highest BCUT2D eigenvalue weighted by Gasteiger charge is 2.23. The van der Waals surface area contributed by atoms with Gasteiger partial charge in [-0.15, -0.1) is 0 Å². The maximum absolute atomic E-state index is 12.8. The SMILES string of the molecule is COc1ccc(-c2ccc(NC(=O)c3cc(C(=O)NS(=O)(=O)CCCN4CCOCC4)oc3C)cc2)cc1. The summed E-state index contributed by atoms with van der Waals surface area (Å²) in [5.41, 5.74) is 2.66. The standard InChI is InChI=1S/C27H31N3O7S/c1-19-24(26(31)28-22-8-4-20(5-9-22)21-6-10-23(35-2)11-7-21)18-25(37-19)27(32)29-38(33,34)17-3-12-30-13-15-36-16-14-30/h4-11,18H,3,12-17H2,1-2H3,(H,28,31)(H,29,32). The van der Waals surface area contributed by atoms with E-state index >= 15 is 0 Å². The number of ether oxygens (including phenoxy) is 2. The Labute approximate surface area is 222 Å². The molecule has 202 valence electrons. The minimum Gasteiger partial charge on any atom is -0.497 e. The average Bonchev–Trinajstić information content (AvgIpc) is 3.31. The van der Waals surface area contributed by atoms with Gasteiger partial charge < -0.3 is 19.2 Å².